The fraction of sp³-hybridized carbons (Fsp3) is 0.276. The number of amidine groups is 1. The molecule has 2 aliphatic rings. The number of alkyl halides is 1. The second kappa shape index (κ2) is 11.0. The summed E-state index contributed by atoms with van der Waals surface area (Å²) in [5.74, 6) is 1.48. The van der Waals surface area contributed by atoms with Gasteiger partial charge in [0, 0.05) is 37.8 Å². The van der Waals surface area contributed by atoms with Gasteiger partial charge in [0.2, 0.25) is 5.91 Å². The second-order valence-electron chi connectivity index (χ2n) is 9.46. The van der Waals surface area contributed by atoms with Crippen LogP contribution in [0.5, 0.6) is 0 Å². The van der Waals surface area contributed by atoms with Gasteiger partial charge in [-0.25, -0.2) is 4.99 Å². The van der Waals surface area contributed by atoms with Crippen LogP contribution in [0.2, 0.25) is 0 Å². The van der Waals surface area contributed by atoms with E-state index in [2.05, 4.69) is 15.6 Å². The molecule has 37 heavy (non-hydrogen) atoms. The molecule has 2 amide bonds. The van der Waals surface area contributed by atoms with Crippen molar-refractivity contribution in [2.24, 2.45) is 4.99 Å². The van der Waals surface area contributed by atoms with E-state index in [1.807, 2.05) is 89.7 Å². The van der Waals surface area contributed by atoms with Gasteiger partial charge in [-0.3, -0.25) is 9.59 Å². The normalized spacial score (nSPS) is 17.1. The lowest BCUT2D eigenvalue weighted by Gasteiger charge is -2.29. The summed E-state index contributed by atoms with van der Waals surface area (Å²) in [6.07, 6.45) is 4.51. The molecule has 1 unspecified atom stereocenters. The van der Waals surface area contributed by atoms with Gasteiger partial charge in [0.05, 0.1) is 6.54 Å². The van der Waals surface area contributed by atoms with Crippen LogP contribution in [0.25, 0.3) is 10.8 Å². The van der Waals surface area contributed by atoms with Crippen molar-refractivity contribution >= 4 is 45.7 Å². The van der Waals surface area contributed by atoms with E-state index in [1.165, 1.54) is 0 Å². The smallest absolute Gasteiger partial charge is 0.255 e. The number of carbonyl (C=O) groups excluding carboxylic acids is 2. The number of anilines is 1. The number of hydrogen-bond donors (Lipinski definition) is 2. The van der Waals surface area contributed by atoms with Crippen LogP contribution in [0.3, 0.4) is 0 Å². The first-order valence-electron chi connectivity index (χ1n) is 12.5. The van der Waals surface area contributed by atoms with Gasteiger partial charge in [0.15, 0.2) is 0 Å². The third kappa shape index (κ3) is 6.12. The van der Waals surface area contributed by atoms with Crippen LogP contribution in [0.1, 0.15) is 28.8 Å². The molecule has 1 atom stereocenters. The number of carbonyl (C=O) groups is 2. The van der Waals surface area contributed by atoms with Crippen LogP contribution in [-0.4, -0.2) is 59.6 Å². The Morgan fingerprint density at radius 2 is 1.78 bits per heavy atom. The third-order valence-corrected chi connectivity index (χ3v) is 6.91. The molecule has 5 rings (SSSR count). The van der Waals surface area contributed by atoms with Gasteiger partial charge in [0.1, 0.15) is 17.2 Å². The lowest BCUT2D eigenvalue weighted by atomic mass is 10.1. The van der Waals surface area contributed by atoms with E-state index in [0.29, 0.717) is 18.5 Å². The molecular formula is C29H30ClN5O2. The van der Waals surface area contributed by atoms with Crippen LogP contribution < -0.4 is 10.6 Å². The van der Waals surface area contributed by atoms with Crippen LogP contribution in [0, 0.1) is 0 Å². The average molecular weight is 516 g/mol. The summed E-state index contributed by atoms with van der Waals surface area (Å²) in [4.78, 5) is 33.6. The maximum atomic E-state index is 12.8. The molecule has 8 heteroatoms. The number of nitrogens with zero attached hydrogens (tertiary/aromatic N) is 3. The van der Waals surface area contributed by atoms with E-state index < -0.39 is 5.50 Å². The van der Waals surface area contributed by atoms with Crippen molar-refractivity contribution in [2.45, 2.75) is 24.8 Å². The standard InChI is InChI=1S/C29H30ClN5O2/c1-34(19-28(36)35-14-4-5-15-35)27-18-25(30)32-26(33-27)16-20-8-12-24(13-9-20)31-29(37)23-11-10-21-6-2-3-7-22(21)17-23/h2-3,6-13,17-18,25H,4-5,14-16,19H2,1H3,(H,31,37)(H,32,33). The zero-order valence-corrected chi connectivity index (χ0v) is 21.5. The van der Waals surface area contributed by atoms with Gasteiger partial charge in [-0.15, -0.1) is 0 Å². The first kappa shape index (κ1) is 24.8. The fourth-order valence-corrected chi connectivity index (χ4v) is 4.88. The van der Waals surface area contributed by atoms with Crippen LogP contribution >= 0.6 is 11.6 Å². The Morgan fingerprint density at radius 3 is 2.54 bits per heavy atom. The zero-order valence-electron chi connectivity index (χ0n) is 20.8. The number of likely N-dealkylation sites (tertiary alicyclic amines) is 1. The summed E-state index contributed by atoms with van der Waals surface area (Å²) in [5, 5.41) is 8.42. The molecule has 1 fully saturated rings. The number of nitrogens with one attached hydrogen (secondary N) is 2. The Labute approximate surface area is 221 Å². The van der Waals surface area contributed by atoms with E-state index in [0.717, 1.165) is 59.6 Å². The molecule has 7 nitrogen and oxygen atoms in total. The third-order valence-electron chi connectivity index (χ3n) is 6.68. The highest BCUT2D eigenvalue weighted by atomic mass is 35.5. The first-order valence-corrected chi connectivity index (χ1v) is 13.0. The summed E-state index contributed by atoms with van der Waals surface area (Å²) in [6.45, 7) is 1.96. The van der Waals surface area contributed by atoms with Crippen LogP contribution in [-0.2, 0) is 11.2 Å². The molecular weight excluding hydrogens is 486 g/mol. The fourth-order valence-electron chi connectivity index (χ4n) is 4.64. The van der Waals surface area contributed by atoms with Crippen molar-refractivity contribution < 1.29 is 9.59 Å². The SMILES string of the molecule is CN(CC(=O)N1CCCC1)C1=CC(Cl)N=C(Cc2ccc(NC(=O)c3ccc4ccccc4c3)cc2)N1. The molecule has 2 N–H and O–H groups in total. The summed E-state index contributed by atoms with van der Waals surface area (Å²) in [7, 11) is 1.88. The lowest BCUT2D eigenvalue weighted by molar-refractivity contribution is -0.130. The quantitative estimate of drug-likeness (QED) is 0.356. The van der Waals surface area contributed by atoms with Gasteiger partial charge in [0.25, 0.3) is 5.91 Å². The Hall–Kier alpha value is -3.84. The van der Waals surface area contributed by atoms with Gasteiger partial charge in [-0.1, -0.05) is 54.1 Å². The maximum absolute atomic E-state index is 12.8. The molecule has 0 spiro atoms. The van der Waals surface area contributed by atoms with Crippen molar-refractivity contribution in [2.75, 3.05) is 32.0 Å². The highest BCUT2D eigenvalue weighted by Crippen LogP contribution is 2.19. The van der Waals surface area contributed by atoms with Crippen molar-refractivity contribution in [3.63, 3.8) is 0 Å². The topological polar surface area (TPSA) is 77.0 Å². The van der Waals surface area contributed by atoms with Crippen LogP contribution in [0.4, 0.5) is 5.69 Å². The Bertz CT molecular complexity index is 1360. The summed E-state index contributed by atoms with van der Waals surface area (Å²) >= 11 is 6.38. The summed E-state index contributed by atoms with van der Waals surface area (Å²) in [5.41, 5.74) is 1.85. The molecule has 0 saturated carbocycles. The van der Waals surface area contributed by atoms with E-state index in [-0.39, 0.29) is 11.8 Å². The Kier molecular flexibility index (Phi) is 7.42. The number of rotatable bonds is 7. The number of likely N-dealkylation sites (N-methyl/N-ethyl adjacent to an activating group) is 1. The highest BCUT2D eigenvalue weighted by Gasteiger charge is 2.22. The second-order valence-corrected chi connectivity index (χ2v) is 9.91. The Morgan fingerprint density at radius 1 is 1.05 bits per heavy atom. The first-order chi connectivity index (χ1) is 17.9. The molecule has 0 aliphatic carbocycles. The van der Waals surface area contributed by atoms with Crippen molar-refractivity contribution in [1.82, 2.24) is 15.1 Å². The van der Waals surface area contributed by atoms with Crippen molar-refractivity contribution in [1.29, 1.82) is 0 Å². The monoisotopic (exact) mass is 515 g/mol. The van der Waals surface area contributed by atoms with Crippen LogP contribution in [0.15, 0.2) is 83.6 Å². The number of benzene rings is 3. The zero-order chi connectivity index (χ0) is 25.8. The van der Waals surface area contributed by atoms with Gasteiger partial charge in [-0.05, 0) is 59.5 Å². The predicted molar refractivity (Wildman–Crippen MR) is 149 cm³/mol. The maximum Gasteiger partial charge on any atom is 0.255 e. The van der Waals surface area contributed by atoms with Gasteiger partial charge < -0.3 is 20.4 Å². The largest absolute Gasteiger partial charge is 0.352 e. The molecule has 3 aromatic rings. The number of amides is 2. The van der Waals surface area contributed by atoms with E-state index >= 15 is 0 Å². The van der Waals surface area contributed by atoms with E-state index in [1.54, 1.807) is 0 Å². The highest BCUT2D eigenvalue weighted by molar-refractivity contribution is 6.22. The van der Waals surface area contributed by atoms with Crippen molar-refractivity contribution in [3.05, 3.63) is 89.8 Å². The molecule has 0 aromatic heterocycles. The summed E-state index contributed by atoms with van der Waals surface area (Å²) < 4.78 is 0. The van der Waals surface area contributed by atoms with E-state index in [9.17, 15) is 9.59 Å². The molecule has 3 aromatic carbocycles. The Balaban J connectivity index is 1.17. The van der Waals surface area contributed by atoms with Gasteiger partial charge in [-0.2, -0.15) is 0 Å². The number of halogens is 1. The molecule has 2 heterocycles. The minimum Gasteiger partial charge on any atom is -0.352 e. The lowest BCUT2D eigenvalue weighted by Crippen LogP contribution is -2.42. The molecule has 190 valence electrons. The summed E-state index contributed by atoms with van der Waals surface area (Å²) in [6, 6.07) is 21.3. The van der Waals surface area contributed by atoms with Gasteiger partial charge >= 0.3 is 0 Å². The average Bonchev–Trinajstić information content (AvgIpc) is 3.44. The minimum absolute atomic E-state index is 0.124. The van der Waals surface area contributed by atoms with E-state index in [4.69, 9.17) is 11.6 Å². The molecule has 1 saturated heterocycles. The molecule has 2 aliphatic heterocycles. The number of fused-ring (bicyclic) bond motifs is 1. The van der Waals surface area contributed by atoms with Crippen molar-refractivity contribution in [3.8, 4) is 0 Å². The number of aliphatic imine (C=N–C) groups is 1. The molecule has 0 bridgehead atoms. The molecule has 0 radical (unpaired) electrons. The predicted octanol–water partition coefficient (Wildman–Crippen LogP) is 4.60. The minimum atomic E-state index is -0.504. The number of hydrogen-bond acceptors (Lipinski definition) is 5.